The predicted molar refractivity (Wildman–Crippen MR) is 182 cm³/mol. The van der Waals surface area contributed by atoms with Crippen LogP contribution in [0.3, 0.4) is 0 Å². The molecule has 0 atom stereocenters. The van der Waals surface area contributed by atoms with E-state index in [0.717, 1.165) is 50.8 Å². The van der Waals surface area contributed by atoms with Crippen molar-refractivity contribution in [2.45, 2.75) is 66.5 Å². The summed E-state index contributed by atoms with van der Waals surface area (Å²) in [6.45, 7) is 10.6. The van der Waals surface area contributed by atoms with Crippen LogP contribution in [0.1, 0.15) is 71.3 Å². The average molecular weight is 602 g/mol. The topological polar surface area (TPSA) is 132 Å². The quantitative estimate of drug-likeness (QED) is 0.222. The minimum Gasteiger partial charge on any atom is -0.383 e. The molecule has 1 aliphatic carbocycles. The summed E-state index contributed by atoms with van der Waals surface area (Å²) >= 11 is 0. The second kappa shape index (κ2) is 18.6. The molecule has 9 heteroatoms. The van der Waals surface area contributed by atoms with Gasteiger partial charge in [0.15, 0.2) is 0 Å². The van der Waals surface area contributed by atoms with Crippen LogP contribution in [0.4, 0.5) is 5.82 Å². The third-order valence-electron chi connectivity index (χ3n) is 7.04. The Hall–Kier alpha value is -4.08. The number of carbonyl (C=O) groups is 2. The molecule has 0 spiro atoms. The van der Waals surface area contributed by atoms with Gasteiger partial charge in [0.25, 0.3) is 5.91 Å². The fourth-order valence-corrected chi connectivity index (χ4v) is 4.72. The van der Waals surface area contributed by atoms with Crippen molar-refractivity contribution in [1.29, 1.82) is 0 Å². The van der Waals surface area contributed by atoms with E-state index in [9.17, 15) is 9.59 Å². The van der Waals surface area contributed by atoms with Gasteiger partial charge >= 0.3 is 0 Å². The lowest BCUT2D eigenvalue weighted by molar-refractivity contribution is -0.107. The molecule has 1 aliphatic rings. The highest BCUT2D eigenvalue weighted by atomic mass is 16.1. The Labute approximate surface area is 263 Å². The number of nitrogens with zero attached hydrogens (tertiary/aromatic N) is 4. The fraction of sp³-hybridized carbons (Fsp3) is 0.429. The van der Waals surface area contributed by atoms with E-state index >= 15 is 0 Å². The molecule has 5 N–H and O–H groups in total. The summed E-state index contributed by atoms with van der Waals surface area (Å²) in [5, 5.41) is 9.28. The molecule has 5 rings (SSSR count). The number of benzene rings is 2. The molecule has 1 fully saturated rings. The maximum absolute atomic E-state index is 12.7. The zero-order chi connectivity index (χ0) is 32.6. The third kappa shape index (κ3) is 11.2. The molecule has 1 amide bonds. The Bertz CT molecular complexity index is 1460. The minimum absolute atomic E-state index is 0.175. The van der Waals surface area contributed by atoms with Crippen LogP contribution in [0.15, 0.2) is 55.0 Å². The Morgan fingerprint density at radius 3 is 2.27 bits per heavy atom. The first-order chi connectivity index (χ1) is 21.2. The molecule has 0 saturated heterocycles. The summed E-state index contributed by atoms with van der Waals surface area (Å²) in [5.74, 6) is 1.38. The van der Waals surface area contributed by atoms with E-state index in [4.69, 9.17) is 5.73 Å². The standard InChI is InChI=1S/C25H25N5O2.C6H13N.C3H8.CH5N/c1-16-11-22-21(7-9-27-24(22)26)17(2)23(16)13-28-25(32)20-12-29-30(15-20)14-19-5-3-18(4-6-19)8-10-31;1-7(2)5-6-3-4-6;1-3-2;1-2/h3-7,9-12,15H,8,13-14H2,1-2H3,(H2,26,27)(H,28,32);6H,3-5H2,1-2H3;3H2,1-2H3;2H2,1H3. The molecule has 44 heavy (non-hydrogen) atoms. The number of aromatic nitrogens is 3. The molecular weight excluding hydrogens is 550 g/mol. The second-order valence-corrected chi connectivity index (χ2v) is 11.3. The minimum atomic E-state index is -0.175. The monoisotopic (exact) mass is 601 g/mol. The van der Waals surface area contributed by atoms with Crippen LogP contribution in [0.5, 0.6) is 0 Å². The smallest absolute Gasteiger partial charge is 0.254 e. The van der Waals surface area contributed by atoms with Crippen molar-refractivity contribution >= 4 is 28.8 Å². The number of nitrogens with two attached hydrogens (primary N) is 2. The summed E-state index contributed by atoms with van der Waals surface area (Å²) < 4.78 is 1.73. The van der Waals surface area contributed by atoms with E-state index in [0.29, 0.717) is 30.9 Å². The number of hydrogen-bond donors (Lipinski definition) is 3. The Morgan fingerprint density at radius 1 is 1.07 bits per heavy atom. The van der Waals surface area contributed by atoms with E-state index in [2.05, 4.69) is 54.0 Å². The molecule has 9 nitrogen and oxygen atoms in total. The van der Waals surface area contributed by atoms with Crippen LogP contribution < -0.4 is 16.8 Å². The zero-order valence-corrected chi connectivity index (χ0v) is 27.6. The SMILES string of the molecule is CCC.CN.CN(C)CC1CC1.Cc1cc2c(N)nccc2c(C)c1CNC(=O)c1cnn(Cc2ccc(CC=O)cc2)c1. The van der Waals surface area contributed by atoms with Gasteiger partial charge in [0.2, 0.25) is 0 Å². The van der Waals surface area contributed by atoms with Gasteiger partial charge in [-0.05, 0) is 99.1 Å². The van der Waals surface area contributed by atoms with Gasteiger partial charge in [-0.1, -0.05) is 44.5 Å². The Kier molecular flexibility index (Phi) is 15.2. The van der Waals surface area contributed by atoms with E-state index < -0.39 is 0 Å². The lowest BCUT2D eigenvalue weighted by Crippen LogP contribution is -2.23. The highest BCUT2D eigenvalue weighted by Gasteiger charge is 2.21. The van der Waals surface area contributed by atoms with Crippen molar-refractivity contribution in [2.24, 2.45) is 11.7 Å². The molecule has 1 saturated carbocycles. The van der Waals surface area contributed by atoms with Crippen LogP contribution in [-0.4, -0.2) is 59.5 Å². The number of aryl methyl sites for hydroxylation is 2. The van der Waals surface area contributed by atoms with Crippen molar-refractivity contribution in [3.8, 4) is 0 Å². The maximum Gasteiger partial charge on any atom is 0.254 e. The van der Waals surface area contributed by atoms with Crippen LogP contribution in [0, 0.1) is 19.8 Å². The molecule has 0 bridgehead atoms. The number of nitrogen functional groups attached to an aromatic ring is 1. The highest BCUT2D eigenvalue weighted by molar-refractivity contribution is 5.95. The zero-order valence-electron chi connectivity index (χ0n) is 27.6. The van der Waals surface area contributed by atoms with E-state index in [-0.39, 0.29) is 5.91 Å². The van der Waals surface area contributed by atoms with Gasteiger partial charge in [-0.2, -0.15) is 5.10 Å². The van der Waals surface area contributed by atoms with Crippen molar-refractivity contribution in [2.75, 3.05) is 33.4 Å². The average Bonchev–Trinajstić information content (AvgIpc) is 3.69. The third-order valence-corrected chi connectivity index (χ3v) is 7.04. The normalized spacial score (nSPS) is 11.8. The van der Waals surface area contributed by atoms with Gasteiger partial charge in [0.1, 0.15) is 12.1 Å². The Morgan fingerprint density at radius 2 is 1.70 bits per heavy atom. The Balaban J connectivity index is 0.000000477. The molecular formula is C35H51N7O2. The van der Waals surface area contributed by atoms with Crippen LogP contribution >= 0.6 is 0 Å². The number of anilines is 1. The van der Waals surface area contributed by atoms with Gasteiger partial charge < -0.3 is 26.5 Å². The van der Waals surface area contributed by atoms with Gasteiger partial charge in [-0.15, -0.1) is 0 Å². The molecule has 0 radical (unpaired) electrons. The summed E-state index contributed by atoms with van der Waals surface area (Å²) in [6.07, 6.45) is 10.5. The molecule has 238 valence electrons. The van der Waals surface area contributed by atoms with E-state index in [1.165, 1.54) is 32.9 Å². The molecule has 4 aromatic rings. The number of hydrogen-bond acceptors (Lipinski definition) is 7. The van der Waals surface area contributed by atoms with Crippen molar-refractivity contribution in [1.82, 2.24) is 25.0 Å². The van der Waals surface area contributed by atoms with E-state index in [1.54, 1.807) is 23.3 Å². The van der Waals surface area contributed by atoms with Crippen LogP contribution in [0.2, 0.25) is 0 Å². The van der Waals surface area contributed by atoms with Crippen LogP contribution in [-0.2, 0) is 24.3 Å². The number of pyridine rings is 1. The molecule has 0 aliphatic heterocycles. The van der Waals surface area contributed by atoms with Gasteiger partial charge in [0, 0.05) is 37.3 Å². The van der Waals surface area contributed by atoms with Crippen molar-refractivity contribution in [3.63, 3.8) is 0 Å². The lowest BCUT2D eigenvalue weighted by Gasteiger charge is -2.14. The fourth-order valence-electron chi connectivity index (χ4n) is 4.72. The number of rotatable bonds is 9. The first-order valence-corrected chi connectivity index (χ1v) is 15.3. The van der Waals surface area contributed by atoms with Gasteiger partial charge in [0.05, 0.1) is 18.3 Å². The maximum atomic E-state index is 12.7. The molecule has 2 aromatic heterocycles. The lowest BCUT2D eigenvalue weighted by atomic mass is 9.96. The van der Waals surface area contributed by atoms with Gasteiger partial charge in [-0.3, -0.25) is 9.48 Å². The second-order valence-electron chi connectivity index (χ2n) is 11.3. The van der Waals surface area contributed by atoms with Gasteiger partial charge in [-0.25, -0.2) is 4.98 Å². The number of nitrogens with one attached hydrogen (secondary N) is 1. The summed E-state index contributed by atoms with van der Waals surface area (Å²) in [7, 11) is 5.77. The van der Waals surface area contributed by atoms with Crippen molar-refractivity contribution in [3.05, 3.63) is 88.4 Å². The highest BCUT2D eigenvalue weighted by Crippen LogP contribution is 2.29. The summed E-state index contributed by atoms with van der Waals surface area (Å²) in [6, 6.07) is 11.8. The summed E-state index contributed by atoms with van der Waals surface area (Å²) in [5.41, 5.74) is 16.3. The number of fused-ring (bicyclic) bond motifs is 1. The van der Waals surface area contributed by atoms with E-state index in [1.807, 2.05) is 50.2 Å². The molecule has 2 aromatic carbocycles. The first kappa shape index (κ1) is 36.1. The largest absolute Gasteiger partial charge is 0.383 e. The number of carbonyl (C=O) groups excluding carboxylic acids is 2. The van der Waals surface area contributed by atoms with Crippen molar-refractivity contribution < 1.29 is 9.59 Å². The molecule has 0 unspecified atom stereocenters. The van der Waals surface area contributed by atoms with Crippen LogP contribution in [0.25, 0.3) is 10.8 Å². The molecule has 2 heterocycles. The number of aldehydes is 1. The first-order valence-electron chi connectivity index (χ1n) is 15.3. The number of amides is 1. The predicted octanol–water partition coefficient (Wildman–Crippen LogP) is 5.30. The summed E-state index contributed by atoms with van der Waals surface area (Å²) in [4.78, 5) is 29.7.